The summed E-state index contributed by atoms with van der Waals surface area (Å²) in [5, 5.41) is 18.4. The van der Waals surface area contributed by atoms with Gasteiger partial charge in [-0.2, -0.15) is 0 Å². The van der Waals surface area contributed by atoms with Gasteiger partial charge in [0.15, 0.2) is 23.0 Å². The number of ether oxygens (including phenoxy) is 5. The van der Waals surface area contributed by atoms with E-state index in [1.807, 2.05) is 0 Å². The standard InChI is InChI=1S/C26H30N2O12/c1-19(16-24(29)30)38-28(39-20(2)17-25(31)32)18-34-12-15-37-26-23(8-5-9-27-26)36-14-11-33-10-13-35-21-6-3-4-7-22(21)40-28/h3-9H,1-2,10-18H2,(H-,29,30,31,32)/p+1. The third-order valence-electron chi connectivity index (χ3n) is 4.74. The zero-order valence-corrected chi connectivity index (χ0v) is 21.7. The summed E-state index contributed by atoms with van der Waals surface area (Å²) in [5.74, 6) is -2.03. The van der Waals surface area contributed by atoms with Crippen molar-refractivity contribution in [2.24, 2.45) is 0 Å². The van der Waals surface area contributed by atoms with Crippen LogP contribution in [0.5, 0.6) is 23.1 Å². The minimum Gasteiger partial charge on any atom is -0.487 e. The number of carboxylic acid groups (broad SMARTS) is 2. The summed E-state index contributed by atoms with van der Waals surface area (Å²) in [4.78, 5) is 42.8. The molecule has 2 heterocycles. The van der Waals surface area contributed by atoms with Crippen LogP contribution in [0.3, 0.4) is 0 Å². The molecule has 0 unspecified atom stereocenters. The van der Waals surface area contributed by atoms with Gasteiger partial charge in [-0.15, -0.1) is 0 Å². The van der Waals surface area contributed by atoms with E-state index in [0.29, 0.717) is 5.75 Å². The molecule has 0 atom stereocenters. The van der Waals surface area contributed by atoms with E-state index in [9.17, 15) is 19.8 Å². The molecule has 0 fully saturated rings. The van der Waals surface area contributed by atoms with E-state index in [1.165, 1.54) is 6.07 Å². The molecule has 1 aromatic heterocycles. The third-order valence-corrected chi connectivity index (χ3v) is 4.74. The molecule has 2 aromatic rings. The summed E-state index contributed by atoms with van der Waals surface area (Å²) >= 11 is 0. The number of carbonyl (C=O) groups is 2. The lowest BCUT2D eigenvalue weighted by atomic mass is 10.3. The summed E-state index contributed by atoms with van der Waals surface area (Å²) in [6.07, 6.45) is 0.318. The van der Waals surface area contributed by atoms with Crippen LogP contribution in [-0.2, 0) is 28.7 Å². The Morgan fingerprint density at radius 3 is 1.98 bits per heavy atom. The quantitative estimate of drug-likeness (QED) is 0.357. The molecule has 216 valence electrons. The molecule has 0 radical (unpaired) electrons. The molecule has 0 aliphatic carbocycles. The highest BCUT2D eigenvalue weighted by Crippen LogP contribution is 2.32. The van der Waals surface area contributed by atoms with Crippen LogP contribution in [0.15, 0.2) is 67.3 Å². The van der Waals surface area contributed by atoms with Crippen molar-refractivity contribution in [2.45, 2.75) is 12.8 Å². The van der Waals surface area contributed by atoms with Crippen molar-refractivity contribution < 1.29 is 63.0 Å². The van der Waals surface area contributed by atoms with Crippen molar-refractivity contribution in [3.63, 3.8) is 0 Å². The number of hydrogen-bond donors (Lipinski definition) is 2. The second-order valence-corrected chi connectivity index (χ2v) is 8.05. The summed E-state index contributed by atoms with van der Waals surface area (Å²) < 4.78 is 28.5. The first-order valence-electron chi connectivity index (χ1n) is 12.1. The fourth-order valence-corrected chi connectivity index (χ4v) is 3.22. The fourth-order valence-electron chi connectivity index (χ4n) is 3.22. The number of para-hydroxylation sites is 2. The Kier molecular flexibility index (Phi) is 11.4. The predicted molar refractivity (Wildman–Crippen MR) is 135 cm³/mol. The first kappa shape index (κ1) is 30.0. The van der Waals surface area contributed by atoms with Crippen molar-refractivity contribution in [3.8, 4) is 23.1 Å². The maximum Gasteiger partial charge on any atom is 0.312 e. The van der Waals surface area contributed by atoms with Gasteiger partial charge >= 0.3 is 18.7 Å². The van der Waals surface area contributed by atoms with Crippen LogP contribution < -0.4 is 19.0 Å². The van der Waals surface area contributed by atoms with Gasteiger partial charge in [-0.25, -0.2) is 19.5 Å². The van der Waals surface area contributed by atoms with Crippen molar-refractivity contribution in [1.82, 2.24) is 4.98 Å². The maximum absolute atomic E-state index is 11.3. The van der Waals surface area contributed by atoms with E-state index < -0.39 is 36.5 Å². The topological polar surface area (TPSA) is 161 Å². The molecule has 14 nitrogen and oxygen atoms in total. The van der Waals surface area contributed by atoms with E-state index in [1.54, 1.807) is 36.5 Å². The second-order valence-electron chi connectivity index (χ2n) is 8.05. The SMILES string of the molecule is C=C(CC(=O)O)O[N+]1(OC(=C)CC(=O)O)COCCOc2ncccc2OCCOCCOc2ccccc2O1. The van der Waals surface area contributed by atoms with Gasteiger partial charge in [0.1, 0.15) is 32.7 Å². The lowest BCUT2D eigenvalue weighted by molar-refractivity contribution is -1.35. The lowest BCUT2D eigenvalue weighted by Gasteiger charge is -2.30. The second kappa shape index (κ2) is 15.2. The Labute approximate surface area is 229 Å². The number of aliphatic carboxylic acids is 2. The van der Waals surface area contributed by atoms with Crippen LogP contribution in [0.25, 0.3) is 0 Å². The Morgan fingerprint density at radius 1 is 0.775 bits per heavy atom. The van der Waals surface area contributed by atoms with Crippen LogP contribution >= 0.6 is 0 Å². The number of rotatable bonds is 8. The van der Waals surface area contributed by atoms with E-state index in [-0.39, 0.29) is 68.5 Å². The van der Waals surface area contributed by atoms with E-state index >= 15 is 0 Å². The highest BCUT2D eigenvalue weighted by molar-refractivity contribution is 5.69. The largest absolute Gasteiger partial charge is 0.487 e. The summed E-state index contributed by atoms with van der Waals surface area (Å²) in [7, 11) is 0. The first-order valence-corrected chi connectivity index (χ1v) is 12.1. The van der Waals surface area contributed by atoms with Gasteiger partial charge < -0.3 is 33.9 Å². The average Bonchev–Trinajstić information content (AvgIpc) is 2.88. The van der Waals surface area contributed by atoms with Crippen LogP contribution in [0.1, 0.15) is 12.8 Å². The molecule has 1 aliphatic rings. The third kappa shape index (κ3) is 9.98. The molecule has 0 bridgehead atoms. The lowest BCUT2D eigenvalue weighted by Crippen LogP contribution is -2.52. The van der Waals surface area contributed by atoms with E-state index in [0.717, 1.165) is 0 Å². The minimum atomic E-state index is -1.37. The van der Waals surface area contributed by atoms with Crippen molar-refractivity contribution in [1.29, 1.82) is 0 Å². The van der Waals surface area contributed by atoms with Gasteiger partial charge in [-0.3, -0.25) is 9.59 Å². The van der Waals surface area contributed by atoms with Crippen LogP contribution in [-0.4, -0.2) is 78.5 Å². The zero-order chi connectivity index (χ0) is 28.8. The van der Waals surface area contributed by atoms with Crippen LogP contribution in [0.4, 0.5) is 0 Å². The van der Waals surface area contributed by atoms with Crippen molar-refractivity contribution in [3.05, 3.63) is 67.3 Å². The summed E-state index contributed by atoms with van der Waals surface area (Å²) in [5.41, 5.74) is 0. The van der Waals surface area contributed by atoms with Crippen molar-refractivity contribution >= 4 is 11.9 Å². The highest BCUT2D eigenvalue weighted by atomic mass is 17.2. The molecule has 1 aromatic carbocycles. The first-order chi connectivity index (χ1) is 19.3. The molecule has 1 aliphatic heterocycles. The van der Waals surface area contributed by atoms with Gasteiger partial charge in [0.05, 0.1) is 19.8 Å². The molecular formula is C26H31N2O12+. The number of benzene rings is 1. The molecular weight excluding hydrogens is 532 g/mol. The summed E-state index contributed by atoms with van der Waals surface area (Å²) in [6, 6.07) is 9.89. The van der Waals surface area contributed by atoms with Crippen LogP contribution in [0.2, 0.25) is 0 Å². The normalized spacial score (nSPS) is 15.9. The van der Waals surface area contributed by atoms with Gasteiger partial charge in [0.2, 0.25) is 10.7 Å². The number of carboxylic acids is 2. The van der Waals surface area contributed by atoms with Gasteiger partial charge in [0.25, 0.3) is 5.88 Å². The molecule has 2 N–H and O–H groups in total. The molecule has 14 heteroatoms. The predicted octanol–water partition coefficient (Wildman–Crippen LogP) is 2.87. The molecule has 40 heavy (non-hydrogen) atoms. The van der Waals surface area contributed by atoms with Crippen LogP contribution in [0, 0.1) is 0 Å². The number of aromatic nitrogens is 1. The average molecular weight is 564 g/mol. The maximum atomic E-state index is 11.3. The van der Waals surface area contributed by atoms with Gasteiger partial charge in [0, 0.05) is 6.20 Å². The van der Waals surface area contributed by atoms with E-state index in [4.69, 9.17) is 38.2 Å². The molecule has 3 rings (SSSR count). The smallest absolute Gasteiger partial charge is 0.312 e. The Morgan fingerprint density at radius 2 is 1.32 bits per heavy atom. The summed E-state index contributed by atoms with van der Waals surface area (Å²) in [6.45, 7) is 7.51. The highest BCUT2D eigenvalue weighted by Gasteiger charge is 2.42. The number of hydrogen-bond acceptors (Lipinski definition) is 11. The number of fused-ring (bicyclic) bond motifs is 2. The number of nitrogens with zero attached hydrogens (tertiary/aromatic N) is 2. The number of pyridine rings is 1. The molecule has 0 spiro atoms. The molecule has 0 saturated carbocycles. The number of hydroxylamine groups is 3. The Balaban J connectivity index is 1.91. The van der Waals surface area contributed by atoms with Crippen molar-refractivity contribution in [2.75, 3.05) is 46.4 Å². The molecule has 0 amide bonds. The monoisotopic (exact) mass is 563 g/mol. The fraction of sp³-hybridized carbons (Fsp3) is 0.346. The van der Waals surface area contributed by atoms with Gasteiger partial charge in [-0.1, -0.05) is 25.3 Å². The van der Waals surface area contributed by atoms with Gasteiger partial charge in [-0.05, 0) is 24.3 Å². The molecule has 0 saturated heterocycles. The van der Waals surface area contributed by atoms with E-state index in [2.05, 4.69) is 18.1 Å². The zero-order valence-electron chi connectivity index (χ0n) is 21.7. The Bertz CT molecular complexity index is 1140. The Hall–Kier alpha value is -4.53. The number of quaternary nitrogens is 1. The minimum absolute atomic E-state index is 0.00964.